The second-order valence-corrected chi connectivity index (χ2v) is 6.46. The lowest BCUT2D eigenvalue weighted by Crippen LogP contribution is -2.22. The fraction of sp³-hybridized carbons (Fsp3) is 0.389. The van der Waals surface area contributed by atoms with Crippen molar-refractivity contribution in [2.24, 2.45) is 0 Å². The number of nitrogen functional groups attached to an aromatic ring is 1. The van der Waals surface area contributed by atoms with Gasteiger partial charge in [0.15, 0.2) is 0 Å². The number of hydrogen-bond acceptors (Lipinski definition) is 6. The highest BCUT2D eigenvalue weighted by molar-refractivity contribution is 7.17. The zero-order chi connectivity index (χ0) is 17.7. The zero-order valence-corrected chi connectivity index (χ0v) is 15.4. The van der Waals surface area contributed by atoms with Crippen molar-refractivity contribution in [3.8, 4) is 16.9 Å². The third-order valence-corrected chi connectivity index (χ3v) is 5.04. The van der Waals surface area contributed by atoms with Crippen LogP contribution in [0, 0.1) is 0 Å². The smallest absolute Gasteiger partial charge is 0.341 e. The van der Waals surface area contributed by atoms with Gasteiger partial charge in [0, 0.05) is 17.0 Å². The average Bonchev–Trinajstić information content (AvgIpc) is 2.94. The van der Waals surface area contributed by atoms with Gasteiger partial charge in [-0.3, -0.25) is 4.90 Å². The molecule has 0 amide bonds. The van der Waals surface area contributed by atoms with E-state index in [1.54, 1.807) is 7.11 Å². The van der Waals surface area contributed by atoms with Crippen LogP contribution in [0.25, 0.3) is 11.1 Å². The standard InChI is InChI=1S/C18H24N2O3S/c1-5-20(6-2)11-14-15(12-7-9-13(22-3)10-8-12)16(17(19)24-14)18(21)23-4/h7-10H,5-6,11,19H2,1-4H3. The molecule has 2 N–H and O–H groups in total. The number of esters is 1. The Bertz CT molecular complexity index is 691. The maximum absolute atomic E-state index is 12.3. The molecule has 1 aromatic carbocycles. The van der Waals surface area contributed by atoms with Crippen LogP contribution in [0.1, 0.15) is 29.1 Å². The van der Waals surface area contributed by atoms with E-state index in [1.165, 1.54) is 18.4 Å². The van der Waals surface area contributed by atoms with Crippen molar-refractivity contribution in [1.82, 2.24) is 4.90 Å². The fourth-order valence-electron chi connectivity index (χ4n) is 2.63. The average molecular weight is 348 g/mol. The topological polar surface area (TPSA) is 64.8 Å². The Morgan fingerprint density at radius 1 is 1.17 bits per heavy atom. The monoisotopic (exact) mass is 348 g/mol. The van der Waals surface area contributed by atoms with Gasteiger partial charge >= 0.3 is 5.97 Å². The van der Waals surface area contributed by atoms with E-state index in [0.29, 0.717) is 10.6 Å². The highest BCUT2D eigenvalue weighted by Gasteiger charge is 2.24. The van der Waals surface area contributed by atoms with Crippen LogP contribution in [-0.4, -0.2) is 38.2 Å². The molecule has 0 aliphatic rings. The molecule has 6 heteroatoms. The molecule has 0 radical (unpaired) electrons. The molecule has 0 spiro atoms. The lowest BCUT2D eigenvalue weighted by Gasteiger charge is -2.18. The molecule has 0 fully saturated rings. The Labute approximate surface area is 147 Å². The lowest BCUT2D eigenvalue weighted by molar-refractivity contribution is 0.0603. The van der Waals surface area contributed by atoms with Crippen molar-refractivity contribution in [3.63, 3.8) is 0 Å². The molecule has 1 aromatic heterocycles. The van der Waals surface area contributed by atoms with Crippen molar-refractivity contribution in [2.45, 2.75) is 20.4 Å². The van der Waals surface area contributed by atoms with Gasteiger partial charge in [-0.1, -0.05) is 26.0 Å². The first-order valence-corrected chi connectivity index (χ1v) is 8.73. The van der Waals surface area contributed by atoms with E-state index in [2.05, 4.69) is 18.7 Å². The third-order valence-electron chi connectivity index (χ3n) is 4.04. The minimum absolute atomic E-state index is 0.402. The van der Waals surface area contributed by atoms with Gasteiger partial charge in [0.05, 0.1) is 14.2 Å². The summed E-state index contributed by atoms with van der Waals surface area (Å²) < 4.78 is 10.2. The van der Waals surface area contributed by atoms with Crippen molar-refractivity contribution in [2.75, 3.05) is 33.0 Å². The van der Waals surface area contributed by atoms with E-state index in [-0.39, 0.29) is 0 Å². The number of thiophene rings is 1. The summed E-state index contributed by atoms with van der Waals surface area (Å²) in [6.45, 7) is 6.86. The molecule has 5 nitrogen and oxygen atoms in total. The predicted molar refractivity (Wildman–Crippen MR) is 98.7 cm³/mol. The molecular weight excluding hydrogens is 324 g/mol. The first kappa shape index (κ1) is 18.3. The van der Waals surface area contributed by atoms with E-state index in [9.17, 15) is 4.79 Å². The Morgan fingerprint density at radius 2 is 1.79 bits per heavy atom. The van der Waals surface area contributed by atoms with Crippen LogP contribution in [0.3, 0.4) is 0 Å². The maximum atomic E-state index is 12.3. The van der Waals surface area contributed by atoms with Crippen molar-refractivity contribution >= 4 is 22.3 Å². The first-order chi connectivity index (χ1) is 11.5. The van der Waals surface area contributed by atoms with Crippen molar-refractivity contribution in [3.05, 3.63) is 34.7 Å². The number of nitrogens with two attached hydrogens (primary N) is 1. The molecule has 0 aliphatic heterocycles. The zero-order valence-electron chi connectivity index (χ0n) is 14.6. The minimum atomic E-state index is -0.402. The van der Waals surface area contributed by atoms with Gasteiger partial charge in [0.2, 0.25) is 0 Å². The molecule has 0 saturated heterocycles. The van der Waals surface area contributed by atoms with Gasteiger partial charge in [-0.15, -0.1) is 11.3 Å². The van der Waals surface area contributed by atoms with Gasteiger partial charge in [-0.05, 0) is 30.8 Å². The summed E-state index contributed by atoms with van der Waals surface area (Å²) in [5, 5.41) is 0.495. The van der Waals surface area contributed by atoms with Gasteiger partial charge < -0.3 is 15.2 Å². The minimum Gasteiger partial charge on any atom is -0.497 e. The largest absolute Gasteiger partial charge is 0.497 e. The Balaban J connectivity index is 2.56. The van der Waals surface area contributed by atoms with Crippen LogP contribution in [0.15, 0.2) is 24.3 Å². The number of carbonyl (C=O) groups is 1. The normalized spacial score (nSPS) is 10.9. The maximum Gasteiger partial charge on any atom is 0.341 e. The van der Waals surface area contributed by atoms with Crippen LogP contribution in [0.4, 0.5) is 5.00 Å². The van der Waals surface area contributed by atoms with Crippen molar-refractivity contribution in [1.29, 1.82) is 0 Å². The van der Waals surface area contributed by atoms with E-state index < -0.39 is 5.97 Å². The summed E-state index contributed by atoms with van der Waals surface area (Å²) in [6.07, 6.45) is 0. The summed E-state index contributed by atoms with van der Waals surface area (Å²) in [5.74, 6) is 0.368. The summed E-state index contributed by atoms with van der Waals surface area (Å²) in [4.78, 5) is 15.6. The molecule has 2 rings (SSSR count). The van der Waals surface area contributed by atoms with Crippen LogP contribution in [0.5, 0.6) is 5.75 Å². The quantitative estimate of drug-likeness (QED) is 0.774. The molecule has 0 atom stereocenters. The first-order valence-electron chi connectivity index (χ1n) is 7.91. The summed E-state index contributed by atoms with van der Waals surface area (Å²) in [6, 6.07) is 7.65. The van der Waals surface area contributed by atoms with E-state index >= 15 is 0 Å². The van der Waals surface area contributed by atoms with Crippen LogP contribution in [-0.2, 0) is 11.3 Å². The number of methoxy groups -OCH3 is 2. The number of carbonyl (C=O) groups excluding carboxylic acids is 1. The van der Waals surface area contributed by atoms with Gasteiger partial charge in [-0.2, -0.15) is 0 Å². The van der Waals surface area contributed by atoms with Crippen molar-refractivity contribution < 1.29 is 14.3 Å². The van der Waals surface area contributed by atoms with E-state index in [4.69, 9.17) is 15.2 Å². The second-order valence-electron chi connectivity index (χ2n) is 5.32. The molecule has 24 heavy (non-hydrogen) atoms. The van der Waals surface area contributed by atoms with E-state index in [0.717, 1.165) is 41.4 Å². The number of ether oxygens (including phenoxy) is 2. The van der Waals surface area contributed by atoms with Gasteiger partial charge in [0.25, 0.3) is 0 Å². The Kier molecular flexibility index (Phi) is 6.23. The molecule has 130 valence electrons. The molecule has 0 aliphatic carbocycles. The summed E-state index contributed by atoms with van der Waals surface area (Å²) in [7, 11) is 3.00. The molecule has 1 heterocycles. The van der Waals surface area contributed by atoms with Crippen LogP contribution in [0.2, 0.25) is 0 Å². The van der Waals surface area contributed by atoms with Crippen LogP contribution >= 0.6 is 11.3 Å². The number of anilines is 1. The lowest BCUT2D eigenvalue weighted by atomic mass is 10.0. The number of benzene rings is 1. The highest BCUT2D eigenvalue weighted by atomic mass is 32.1. The van der Waals surface area contributed by atoms with E-state index in [1.807, 2.05) is 24.3 Å². The number of hydrogen-bond donors (Lipinski definition) is 1. The Hall–Kier alpha value is -2.05. The molecule has 0 saturated carbocycles. The molecular formula is C18H24N2O3S. The third kappa shape index (κ3) is 3.71. The number of nitrogens with zero attached hydrogens (tertiary/aromatic N) is 1. The highest BCUT2D eigenvalue weighted by Crippen LogP contribution is 2.40. The second kappa shape index (κ2) is 8.17. The molecule has 0 bridgehead atoms. The SMILES string of the molecule is CCN(CC)Cc1sc(N)c(C(=O)OC)c1-c1ccc(OC)cc1. The molecule has 0 unspecified atom stereocenters. The predicted octanol–water partition coefficient (Wildman–Crippen LogP) is 3.63. The summed E-state index contributed by atoms with van der Waals surface area (Å²) >= 11 is 1.45. The fourth-order valence-corrected chi connectivity index (χ4v) is 3.75. The van der Waals surface area contributed by atoms with Crippen LogP contribution < -0.4 is 10.5 Å². The van der Waals surface area contributed by atoms with Gasteiger partial charge in [0.1, 0.15) is 16.3 Å². The molecule has 2 aromatic rings. The van der Waals surface area contributed by atoms with Gasteiger partial charge in [-0.25, -0.2) is 4.79 Å². The number of rotatable bonds is 7. The summed E-state index contributed by atoms with van der Waals surface area (Å²) in [5.41, 5.74) is 8.40. The Morgan fingerprint density at radius 3 is 2.29 bits per heavy atom.